The average Bonchev–Trinajstić information content (AvgIpc) is 2.45. The molecule has 0 atom stereocenters. The van der Waals surface area contributed by atoms with E-state index in [9.17, 15) is 8.42 Å². The van der Waals surface area contributed by atoms with E-state index in [1.807, 2.05) is 24.3 Å². The van der Waals surface area contributed by atoms with Gasteiger partial charge in [-0.25, -0.2) is 8.42 Å². The van der Waals surface area contributed by atoms with Crippen LogP contribution >= 0.6 is 10.7 Å². The molecule has 0 aliphatic carbocycles. The summed E-state index contributed by atoms with van der Waals surface area (Å²) in [7, 11) is 3.19. The molecule has 0 amide bonds. The Balaban J connectivity index is 2.17. The van der Waals surface area contributed by atoms with Crippen molar-refractivity contribution in [2.75, 3.05) is 7.11 Å². The number of para-hydroxylation sites is 1. The fraction of sp³-hybridized carbons (Fsp3) is 0.200. The van der Waals surface area contributed by atoms with Gasteiger partial charge in [0.25, 0.3) is 9.05 Å². The van der Waals surface area contributed by atoms with Crippen LogP contribution < -0.4 is 9.47 Å². The largest absolute Gasteiger partial charge is 0.496 e. The molecular weight excluding hydrogens is 312 g/mol. The summed E-state index contributed by atoms with van der Waals surface area (Å²) in [5.74, 6) is 1.35. The SMILES string of the molecule is COc1ccccc1COc1ccc(S(=O)(=O)Cl)cc1C. The Morgan fingerprint density at radius 2 is 1.81 bits per heavy atom. The molecule has 2 aromatic rings. The van der Waals surface area contributed by atoms with Crippen LogP contribution in [0.4, 0.5) is 0 Å². The van der Waals surface area contributed by atoms with Crippen LogP contribution in [0.1, 0.15) is 11.1 Å². The molecule has 0 aliphatic rings. The second kappa shape index (κ2) is 6.37. The summed E-state index contributed by atoms with van der Waals surface area (Å²) in [6.45, 7) is 2.10. The van der Waals surface area contributed by atoms with E-state index in [1.165, 1.54) is 12.1 Å². The Hall–Kier alpha value is -1.72. The lowest BCUT2D eigenvalue weighted by molar-refractivity contribution is 0.294. The third-order valence-electron chi connectivity index (χ3n) is 3.00. The Morgan fingerprint density at radius 3 is 2.43 bits per heavy atom. The van der Waals surface area contributed by atoms with Crippen molar-refractivity contribution in [3.05, 3.63) is 53.6 Å². The summed E-state index contributed by atoms with van der Waals surface area (Å²) < 4.78 is 33.5. The fourth-order valence-electron chi connectivity index (χ4n) is 1.91. The third kappa shape index (κ3) is 3.89. The van der Waals surface area contributed by atoms with Crippen LogP contribution in [0.5, 0.6) is 11.5 Å². The number of aryl methyl sites for hydroxylation is 1. The van der Waals surface area contributed by atoms with Gasteiger partial charge < -0.3 is 9.47 Å². The molecule has 2 rings (SSSR count). The molecule has 112 valence electrons. The lowest BCUT2D eigenvalue weighted by atomic mass is 10.2. The van der Waals surface area contributed by atoms with E-state index < -0.39 is 9.05 Å². The summed E-state index contributed by atoms with van der Waals surface area (Å²) in [5, 5.41) is 0. The summed E-state index contributed by atoms with van der Waals surface area (Å²) in [5.41, 5.74) is 1.61. The van der Waals surface area contributed by atoms with Crippen LogP contribution in [-0.2, 0) is 15.7 Å². The molecule has 0 heterocycles. The zero-order chi connectivity index (χ0) is 15.5. The number of rotatable bonds is 5. The normalized spacial score (nSPS) is 11.2. The smallest absolute Gasteiger partial charge is 0.261 e. The number of hydrogen-bond acceptors (Lipinski definition) is 4. The molecule has 0 bridgehead atoms. The standard InChI is InChI=1S/C15H15ClO4S/c1-11-9-13(21(16,17)18)7-8-14(11)20-10-12-5-3-4-6-15(12)19-2/h3-9H,10H2,1-2H3. The quantitative estimate of drug-likeness (QED) is 0.789. The van der Waals surface area contributed by atoms with Gasteiger partial charge in [-0.3, -0.25) is 0 Å². The molecule has 0 radical (unpaired) electrons. The Kier molecular flexibility index (Phi) is 4.75. The highest BCUT2D eigenvalue weighted by Gasteiger charge is 2.12. The van der Waals surface area contributed by atoms with Crippen molar-refractivity contribution in [1.29, 1.82) is 0 Å². The minimum Gasteiger partial charge on any atom is -0.496 e. The van der Waals surface area contributed by atoms with Crippen LogP contribution in [0.3, 0.4) is 0 Å². The molecule has 21 heavy (non-hydrogen) atoms. The molecule has 6 heteroatoms. The predicted molar refractivity (Wildman–Crippen MR) is 81.5 cm³/mol. The molecule has 0 aromatic heterocycles. The van der Waals surface area contributed by atoms with Crippen molar-refractivity contribution in [3.63, 3.8) is 0 Å². The first-order valence-corrected chi connectivity index (χ1v) is 8.53. The van der Waals surface area contributed by atoms with Gasteiger partial charge in [0.2, 0.25) is 0 Å². The molecule has 2 aromatic carbocycles. The van der Waals surface area contributed by atoms with Gasteiger partial charge in [0.1, 0.15) is 18.1 Å². The van der Waals surface area contributed by atoms with E-state index in [0.29, 0.717) is 17.9 Å². The highest BCUT2D eigenvalue weighted by Crippen LogP contribution is 2.26. The number of hydrogen-bond donors (Lipinski definition) is 0. The van der Waals surface area contributed by atoms with E-state index in [0.717, 1.165) is 11.3 Å². The Morgan fingerprint density at radius 1 is 1.10 bits per heavy atom. The minimum atomic E-state index is -3.72. The fourth-order valence-corrected chi connectivity index (χ4v) is 2.75. The van der Waals surface area contributed by atoms with Gasteiger partial charge in [-0.15, -0.1) is 0 Å². The molecular formula is C15H15ClO4S. The molecule has 4 nitrogen and oxygen atoms in total. The van der Waals surface area contributed by atoms with Crippen LogP contribution in [0, 0.1) is 6.92 Å². The number of methoxy groups -OCH3 is 1. The third-order valence-corrected chi connectivity index (χ3v) is 4.36. The van der Waals surface area contributed by atoms with Gasteiger partial charge in [0.05, 0.1) is 12.0 Å². The van der Waals surface area contributed by atoms with Gasteiger partial charge >= 0.3 is 0 Å². The predicted octanol–water partition coefficient (Wildman–Crippen LogP) is 3.51. The number of halogens is 1. The molecule has 0 spiro atoms. The highest BCUT2D eigenvalue weighted by molar-refractivity contribution is 8.13. The van der Waals surface area contributed by atoms with Crippen molar-refractivity contribution >= 4 is 19.7 Å². The van der Waals surface area contributed by atoms with Gasteiger partial charge in [0, 0.05) is 16.2 Å². The van der Waals surface area contributed by atoms with Gasteiger partial charge in [-0.1, -0.05) is 18.2 Å². The van der Waals surface area contributed by atoms with Gasteiger partial charge in [0.15, 0.2) is 0 Å². The Labute approximate surface area is 128 Å². The van der Waals surface area contributed by atoms with Crippen molar-refractivity contribution in [1.82, 2.24) is 0 Å². The molecule has 0 unspecified atom stereocenters. The van der Waals surface area contributed by atoms with Crippen LogP contribution in [-0.4, -0.2) is 15.5 Å². The average molecular weight is 327 g/mol. The highest BCUT2D eigenvalue weighted by atomic mass is 35.7. The molecule has 0 N–H and O–H groups in total. The molecule has 0 saturated carbocycles. The summed E-state index contributed by atoms with van der Waals surface area (Å²) >= 11 is 0. The summed E-state index contributed by atoms with van der Waals surface area (Å²) in [4.78, 5) is 0.0614. The first-order chi connectivity index (χ1) is 9.91. The lowest BCUT2D eigenvalue weighted by Gasteiger charge is -2.12. The minimum absolute atomic E-state index is 0.0614. The first-order valence-electron chi connectivity index (χ1n) is 6.22. The van der Waals surface area contributed by atoms with E-state index in [2.05, 4.69) is 0 Å². The monoisotopic (exact) mass is 326 g/mol. The van der Waals surface area contributed by atoms with Crippen molar-refractivity contribution in [2.24, 2.45) is 0 Å². The first kappa shape index (κ1) is 15.7. The topological polar surface area (TPSA) is 52.6 Å². The van der Waals surface area contributed by atoms with Crippen molar-refractivity contribution < 1.29 is 17.9 Å². The maximum atomic E-state index is 11.3. The second-order valence-corrected chi connectivity index (χ2v) is 7.03. The van der Waals surface area contributed by atoms with Crippen LogP contribution in [0.25, 0.3) is 0 Å². The molecule has 0 saturated heterocycles. The van der Waals surface area contributed by atoms with Crippen LogP contribution in [0.2, 0.25) is 0 Å². The summed E-state index contributed by atoms with van der Waals surface area (Å²) in [6, 6.07) is 12.1. The van der Waals surface area contributed by atoms with E-state index in [4.69, 9.17) is 20.2 Å². The van der Waals surface area contributed by atoms with Crippen molar-refractivity contribution in [2.45, 2.75) is 18.4 Å². The zero-order valence-electron chi connectivity index (χ0n) is 11.7. The molecule has 0 aliphatic heterocycles. The van der Waals surface area contributed by atoms with Crippen LogP contribution in [0.15, 0.2) is 47.4 Å². The molecule has 0 fully saturated rings. The van der Waals surface area contributed by atoms with E-state index >= 15 is 0 Å². The summed E-state index contributed by atoms with van der Waals surface area (Å²) in [6.07, 6.45) is 0. The maximum Gasteiger partial charge on any atom is 0.261 e. The van der Waals surface area contributed by atoms with E-state index in [1.54, 1.807) is 20.1 Å². The lowest BCUT2D eigenvalue weighted by Crippen LogP contribution is -2.00. The maximum absolute atomic E-state index is 11.3. The number of benzene rings is 2. The van der Waals surface area contributed by atoms with E-state index in [-0.39, 0.29) is 4.90 Å². The van der Waals surface area contributed by atoms with Gasteiger partial charge in [-0.2, -0.15) is 0 Å². The van der Waals surface area contributed by atoms with Crippen molar-refractivity contribution in [3.8, 4) is 11.5 Å². The second-order valence-electron chi connectivity index (χ2n) is 4.47. The zero-order valence-corrected chi connectivity index (χ0v) is 13.2. The number of ether oxygens (including phenoxy) is 2. The van der Waals surface area contributed by atoms with Gasteiger partial charge in [-0.05, 0) is 36.8 Å². The Bertz CT molecular complexity index is 741.